The van der Waals surface area contributed by atoms with Crippen molar-refractivity contribution in [3.63, 3.8) is 0 Å². The van der Waals surface area contributed by atoms with Crippen molar-refractivity contribution in [2.75, 3.05) is 0 Å². The third kappa shape index (κ3) is 2.34. The SMILES string of the molecule is CC(C)c1ccnc(-c2cc3oc4ccccc4c3c3c2oc2ccccc23)c1. The van der Waals surface area contributed by atoms with Gasteiger partial charge in [0, 0.05) is 33.3 Å². The van der Waals surface area contributed by atoms with Crippen molar-refractivity contribution in [3.05, 3.63) is 78.5 Å². The number of para-hydroxylation sites is 2. The average molecular weight is 377 g/mol. The number of hydrogen-bond acceptors (Lipinski definition) is 3. The summed E-state index contributed by atoms with van der Waals surface area (Å²) in [5.74, 6) is 0.429. The Morgan fingerprint density at radius 1 is 0.724 bits per heavy atom. The lowest BCUT2D eigenvalue weighted by Gasteiger charge is -2.08. The molecule has 3 heterocycles. The molecule has 0 radical (unpaired) electrons. The third-order valence-electron chi connectivity index (χ3n) is 5.71. The Morgan fingerprint density at radius 3 is 2.17 bits per heavy atom. The molecule has 0 spiro atoms. The van der Waals surface area contributed by atoms with Gasteiger partial charge >= 0.3 is 0 Å². The summed E-state index contributed by atoms with van der Waals surface area (Å²) in [4.78, 5) is 4.67. The molecule has 0 saturated carbocycles. The van der Waals surface area contributed by atoms with Crippen LogP contribution in [0, 0.1) is 0 Å². The molecule has 3 aromatic heterocycles. The molecular formula is C26H19NO2. The number of aromatic nitrogens is 1. The van der Waals surface area contributed by atoms with E-state index in [2.05, 4.69) is 55.2 Å². The molecule has 0 bridgehead atoms. The lowest BCUT2D eigenvalue weighted by molar-refractivity contribution is 0.663. The second-order valence-electron chi connectivity index (χ2n) is 7.83. The van der Waals surface area contributed by atoms with Gasteiger partial charge in [-0.3, -0.25) is 4.98 Å². The first-order chi connectivity index (χ1) is 14.2. The highest BCUT2D eigenvalue weighted by atomic mass is 16.3. The molecule has 0 atom stereocenters. The molecule has 0 unspecified atom stereocenters. The van der Waals surface area contributed by atoms with Gasteiger partial charge < -0.3 is 8.83 Å². The van der Waals surface area contributed by atoms with Gasteiger partial charge in [-0.1, -0.05) is 50.2 Å². The normalized spacial score (nSPS) is 12.1. The molecule has 0 aliphatic heterocycles. The van der Waals surface area contributed by atoms with E-state index < -0.39 is 0 Å². The van der Waals surface area contributed by atoms with Crippen molar-refractivity contribution in [2.45, 2.75) is 19.8 Å². The van der Waals surface area contributed by atoms with Crippen molar-refractivity contribution in [1.82, 2.24) is 4.98 Å². The van der Waals surface area contributed by atoms with E-state index in [0.29, 0.717) is 5.92 Å². The highest BCUT2D eigenvalue weighted by Crippen LogP contribution is 2.44. The first kappa shape index (κ1) is 16.4. The Labute approximate surface area is 167 Å². The lowest BCUT2D eigenvalue weighted by atomic mass is 9.98. The molecule has 0 amide bonds. The fourth-order valence-electron chi connectivity index (χ4n) is 4.25. The first-order valence-corrected chi connectivity index (χ1v) is 9.92. The fraction of sp³-hybridized carbons (Fsp3) is 0.115. The fourth-order valence-corrected chi connectivity index (χ4v) is 4.25. The standard InChI is InChI=1S/C26H19NO2/c1-15(2)16-11-12-27-20(13-16)19-14-23-24(17-7-3-5-9-21(17)28-23)25-18-8-4-6-10-22(18)29-26(19)25/h3-15H,1-2H3. The van der Waals surface area contributed by atoms with Crippen molar-refractivity contribution in [2.24, 2.45) is 0 Å². The van der Waals surface area contributed by atoms with Crippen LogP contribution in [0.15, 0.2) is 81.8 Å². The van der Waals surface area contributed by atoms with Crippen molar-refractivity contribution in [1.29, 1.82) is 0 Å². The van der Waals surface area contributed by atoms with Crippen LogP contribution in [-0.4, -0.2) is 4.98 Å². The summed E-state index contributed by atoms with van der Waals surface area (Å²) >= 11 is 0. The number of hydrogen-bond donors (Lipinski definition) is 0. The second-order valence-corrected chi connectivity index (χ2v) is 7.83. The Bertz CT molecular complexity index is 1530. The van der Waals surface area contributed by atoms with Crippen molar-refractivity contribution in [3.8, 4) is 11.3 Å². The molecule has 0 aliphatic carbocycles. The molecule has 0 saturated heterocycles. The number of nitrogens with zero attached hydrogens (tertiary/aromatic N) is 1. The van der Waals surface area contributed by atoms with Crippen LogP contribution in [0.25, 0.3) is 55.1 Å². The quantitative estimate of drug-likeness (QED) is 0.311. The maximum Gasteiger partial charge on any atom is 0.145 e. The number of rotatable bonds is 2. The summed E-state index contributed by atoms with van der Waals surface area (Å²) in [6, 6.07) is 22.7. The number of benzene rings is 3. The van der Waals surface area contributed by atoms with Gasteiger partial charge in [-0.2, -0.15) is 0 Å². The van der Waals surface area contributed by atoms with E-state index >= 15 is 0 Å². The molecule has 6 rings (SSSR count). The zero-order valence-electron chi connectivity index (χ0n) is 16.3. The molecule has 29 heavy (non-hydrogen) atoms. The predicted molar refractivity (Wildman–Crippen MR) is 118 cm³/mol. The summed E-state index contributed by atoms with van der Waals surface area (Å²) in [6.07, 6.45) is 1.88. The van der Waals surface area contributed by atoms with Crippen LogP contribution in [0.4, 0.5) is 0 Å². The van der Waals surface area contributed by atoms with Crippen LogP contribution < -0.4 is 0 Å². The van der Waals surface area contributed by atoms with Gasteiger partial charge in [0.25, 0.3) is 0 Å². The maximum atomic E-state index is 6.38. The largest absolute Gasteiger partial charge is 0.456 e. The monoisotopic (exact) mass is 377 g/mol. The molecular weight excluding hydrogens is 358 g/mol. The first-order valence-electron chi connectivity index (χ1n) is 9.92. The molecule has 0 aliphatic rings. The Kier molecular flexibility index (Phi) is 3.36. The molecule has 0 N–H and O–H groups in total. The van der Waals surface area contributed by atoms with Gasteiger partial charge in [-0.15, -0.1) is 0 Å². The van der Waals surface area contributed by atoms with E-state index in [1.165, 1.54) is 5.56 Å². The second kappa shape index (κ2) is 5.95. The maximum absolute atomic E-state index is 6.38. The molecule has 3 heteroatoms. The van der Waals surface area contributed by atoms with Crippen molar-refractivity contribution < 1.29 is 8.83 Å². The van der Waals surface area contributed by atoms with E-state index in [1.807, 2.05) is 36.5 Å². The summed E-state index contributed by atoms with van der Waals surface area (Å²) < 4.78 is 12.6. The summed E-state index contributed by atoms with van der Waals surface area (Å²) in [5.41, 5.74) is 6.60. The number of furan rings is 2. The van der Waals surface area contributed by atoms with Gasteiger partial charge in [0.15, 0.2) is 0 Å². The molecule has 140 valence electrons. The smallest absolute Gasteiger partial charge is 0.145 e. The Morgan fingerprint density at radius 2 is 1.41 bits per heavy atom. The van der Waals surface area contributed by atoms with Crippen LogP contribution >= 0.6 is 0 Å². The van der Waals surface area contributed by atoms with Crippen LogP contribution in [-0.2, 0) is 0 Å². The average Bonchev–Trinajstić information content (AvgIpc) is 3.31. The highest BCUT2D eigenvalue weighted by Gasteiger charge is 2.21. The summed E-state index contributed by atoms with van der Waals surface area (Å²) in [5, 5.41) is 4.40. The molecule has 3 aromatic carbocycles. The van der Waals surface area contributed by atoms with Crippen LogP contribution in [0.2, 0.25) is 0 Å². The van der Waals surface area contributed by atoms with E-state index in [9.17, 15) is 0 Å². The molecule has 3 nitrogen and oxygen atoms in total. The zero-order valence-corrected chi connectivity index (χ0v) is 16.3. The van der Waals surface area contributed by atoms with Gasteiger partial charge in [0.2, 0.25) is 0 Å². The van der Waals surface area contributed by atoms with Crippen LogP contribution in [0.1, 0.15) is 25.3 Å². The minimum Gasteiger partial charge on any atom is -0.456 e. The summed E-state index contributed by atoms with van der Waals surface area (Å²) in [6.45, 7) is 4.39. The lowest BCUT2D eigenvalue weighted by Crippen LogP contribution is -1.91. The summed E-state index contributed by atoms with van der Waals surface area (Å²) in [7, 11) is 0. The Balaban J connectivity index is 1.82. The van der Waals surface area contributed by atoms with Gasteiger partial charge in [0.1, 0.15) is 22.3 Å². The number of fused-ring (bicyclic) bond motifs is 7. The highest BCUT2D eigenvalue weighted by molar-refractivity contribution is 6.28. The number of pyridine rings is 1. The van der Waals surface area contributed by atoms with E-state index in [0.717, 1.165) is 55.1 Å². The van der Waals surface area contributed by atoms with Gasteiger partial charge in [-0.05, 0) is 41.8 Å². The van der Waals surface area contributed by atoms with Crippen molar-refractivity contribution >= 4 is 43.9 Å². The van der Waals surface area contributed by atoms with E-state index in [1.54, 1.807) is 0 Å². The van der Waals surface area contributed by atoms with Crippen LogP contribution in [0.5, 0.6) is 0 Å². The van der Waals surface area contributed by atoms with E-state index in [-0.39, 0.29) is 0 Å². The van der Waals surface area contributed by atoms with Gasteiger partial charge in [-0.25, -0.2) is 0 Å². The zero-order chi connectivity index (χ0) is 19.5. The predicted octanol–water partition coefficient (Wildman–Crippen LogP) is 7.67. The minimum atomic E-state index is 0.429. The minimum absolute atomic E-state index is 0.429. The van der Waals surface area contributed by atoms with Crippen LogP contribution in [0.3, 0.4) is 0 Å². The molecule has 0 fully saturated rings. The third-order valence-corrected chi connectivity index (χ3v) is 5.71. The topological polar surface area (TPSA) is 39.2 Å². The van der Waals surface area contributed by atoms with E-state index in [4.69, 9.17) is 8.83 Å². The Hall–Kier alpha value is -3.59. The van der Waals surface area contributed by atoms with Gasteiger partial charge in [0.05, 0.1) is 5.69 Å². The molecule has 6 aromatic rings.